The Hall–Kier alpha value is -0.0200. The lowest BCUT2D eigenvalue weighted by Crippen LogP contribution is -2.33. The van der Waals surface area contributed by atoms with E-state index in [1.165, 1.54) is 11.1 Å². The first kappa shape index (κ1) is 16.4. The van der Waals surface area contributed by atoms with Crippen molar-refractivity contribution in [3.05, 3.63) is 68.6 Å². The molecular weight excluding hydrogens is 423 g/mol. The van der Waals surface area contributed by atoms with Gasteiger partial charge in [-0.25, -0.2) is 0 Å². The quantitative estimate of drug-likeness (QED) is 0.491. The van der Waals surface area contributed by atoms with Crippen LogP contribution >= 0.6 is 55.1 Å². The minimum absolute atomic E-state index is 0.249. The van der Waals surface area contributed by atoms with Gasteiger partial charge in [0.1, 0.15) is 0 Å². The van der Waals surface area contributed by atoms with E-state index in [0.29, 0.717) is 11.8 Å². The molecule has 0 amide bonds. The van der Waals surface area contributed by atoms with Gasteiger partial charge in [0.25, 0.3) is 0 Å². The molecule has 2 aromatic rings. The molecule has 0 bridgehead atoms. The van der Waals surface area contributed by atoms with Gasteiger partial charge < -0.3 is 0 Å². The second-order valence-corrected chi connectivity index (χ2v) is 7.23. The van der Waals surface area contributed by atoms with Crippen LogP contribution in [0.3, 0.4) is 0 Å². The van der Waals surface area contributed by atoms with Crippen molar-refractivity contribution in [3.63, 3.8) is 0 Å². The van der Waals surface area contributed by atoms with E-state index in [-0.39, 0.29) is 5.41 Å². The van der Waals surface area contributed by atoms with Gasteiger partial charge in [0, 0.05) is 26.1 Å². The molecule has 0 aliphatic heterocycles. The summed E-state index contributed by atoms with van der Waals surface area (Å²) in [5, 5.41) is 0. The summed E-state index contributed by atoms with van der Waals surface area (Å²) in [6.07, 6.45) is 0.823. The van der Waals surface area contributed by atoms with Gasteiger partial charge in [-0.2, -0.15) is 0 Å². The molecule has 4 heteroatoms. The van der Waals surface area contributed by atoms with Crippen molar-refractivity contribution in [2.45, 2.75) is 11.8 Å². The summed E-state index contributed by atoms with van der Waals surface area (Å²) in [5.74, 6) is 0.978. The van der Waals surface area contributed by atoms with E-state index in [1.54, 1.807) is 0 Å². The molecule has 0 unspecified atom stereocenters. The number of alkyl halides is 2. The molecule has 2 rings (SSSR count). The molecule has 106 valence electrons. The highest BCUT2D eigenvalue weighted by Crippen LogP contribution is 2.33. The van der Waals surface area contributed by atoms with Crippen molar-refractivity contribution in [3.8, 4) is 0 Å². The molecular formula is C16H14Br2Cl2. The third kappa shape index (κ3) is 3.79. The molecule has 0 atom stereocenters. The van der Waals surface area contributed by atoms with Crippen molar-refractivity contribution < 1.29 is 0 Å². The average Bonchev–Trinajstić information content (AvgIpc) is 2.47. The first-order chi connectivity index (χ1) is 9.59. The average molecular weight is 437 g/mol. The van der Waals surface area contributed by atoms with E-state index < -0.39 is 0 Å². The Morgan fingerprint density at radius 3 is 2.05 bits per heavy atom. The zero-order valence-corrected chi connectivity index (χ0v) is 15.4. The first-order valence-electron chi connectivity index (χ1n) is 6.22. The summed E-state index contributed by atoms with van der Waals surface area (Å²) in [5.41, 5.74) is 2.15. The Labute approximate surface area is 146 Å². The molecule has 0 nitrogen and oxygen atoms in total. The van der Waals surface area contributed by atoms with Gasteiger partial charge >= 0.3 is 0 Å². The van der Waals surface area contributed by atoms with Crippen LogP contribution in [0.5, 0.6) is 0 Å². The van der Waals surface area contributed by atoms with Crippen LogP contribution < -0.4 is 0 Å². The van der Waals surface area contributed by atoms with Gasteiger partial charge in [-0.05, 0) is 41.8 Å². The normalized spacial score (nSPS) is 11.6. The van der Waals surface area contributed by atoms with Crippen molar-refractivity contribution in [2.75, 3.05) is 11.8 Å². The summed E-state index contributed by atoms with van der Waals surface area (Å²) in [6, 6.07) is 16.5. The second-order valence-electron chi connectivity index (χ2n) is 4.86. The van der Waals surface area contributed by atoms with E-state index in [4.69, 9.17) is 23.2 Å². The second kappa shape index (κ2) is 7.31. The maximum Gasteiger partial charge on any atom is 0.0335 e. The van der Waals surface area contributed by atoms with E-state index in [9.17, 15) is 0 Å². The zero-order chi connectivity index (χ0) is 14.6. The molecule has 0 N–H and O–H groups in total. The van der Waals surface area contributed by atoms with Crippen LogP contribution in [0.2, 0.25) is 0 Å². The summed E-state index contributed by atoms with van der Waals surface area (Å²) in [6.45, 7) is 0. The van der Waals surface area contributed by atoms with Crippen LogP contribution in [-0.4, -0.2) is 11.8 Å². The van der Waals surface area contributed by atoms with Gasteiger partial charge in [-0.15, -0.1) is 23.2 Å². The maximum absolute atomic E-state index is 6.28. The first-order valence-corrected chi connectivity index (χ1v) is 8.87. The molecule has 20 heavy (non-hydrogen) atoms. The van der Waals surface area contributed by atoms with Gasteiger partial charge in [0.05, 0.1) is 0 Å². The lowest BCUT2D eigenvalue weighted by molar-refractivity contribution is 0.536. The van der Waals surface area contributed by atoms with Crippen LogP contribution in [0.15, 0.2) is 57.5 Å². The standard InChI is InChI=1S/C16H14Br2Cl2/c17-14-6-4-12(5-7-14)9-16(10-19,11-20)13-2-1-3-15(18)8-13/h1-8H,9-11H2. The molecule has 0 aliphatic rings. The highest BCUT2D eigenvalue weighted by molar-refractivity contribution is 9.10. The van der Waals surface area contributed by atoms with Crippen LogP contribution in [0.4, 0.5) is 0 Å². The minimum Gasteiger partial charge on any atom is -0.126 e. The number of halogens is 4. The Morgan fingerprint density at radius 2 is 1.50 bits per heavy atom. The van der Waals surface area contributed by atoms with Crippen LogP contribution in [0, 0.1) is 0 Å². The highest BCUT2D eigenvalue weighted by atomic mass is 79.9. The fraction of sp³-hybridized carbons (Fsp3) is 0.250. The van der Waals surface area contributed by atoms with Crippen molar-refractivity contribution in [2.24, 2.45) is 0 Å². The number of hydrogen-bond donors (Lipinski definition) is 0. The Bertz CT molecular complexity index is 563. The van der Waals surface area contributed by atoms with Gasteiger partial charge in [0.2, 0.25) is 0 Å². The highest BCUT2D eigenvalue weighted by Gasteiger charge is 2.31. The smallest absolute Gasteiger partial charge is 0.0335 e. The zero-order valence-electron chi connectivity index (χ0n) is 10.8. The van der Waals surface area contributed by atoms with E-state index >= 15 is 0 Å². The predicted molar refractivity (Wildman–Crippen MR) is 95.1 cm³/mol. The summed E-state index contributed by atoms with van der Waals surface area (Å²) in [7, 11) is 0. The molecule has 0 radical (unpaired) electrons. The van der Waals surface area contributed by atoms with E-state index in [1.807, 2.05) is 24.3 Å². The van der Waals surface area contributed by atoms with Gasteiger partial charge in [-0.3, -0.25) is 0 Å². The molecule has 0 aliphatic carbocycles. The summed E-state index contributed by atoms with van der Waals surface area (Å²) < 4.78 is 2.12. The topological polar surface area (TPSA) is 0 Å². The molecule has 0 spiro atoms. The van der Waals surface area contributed by atoms with Gasteiger partial charge in [0.15, 0.2) is 0 Å². The lowest BCUT2D eigenvalue weighted by Gasteiger charge is -2.30. The maximum atomic E-state index is 6.28. The Kier molecular flexibility index (Phi) is 5.97. The molecule has 0 saturated carbocycles. The van der Waals surface area contributed by atoms with E-state index in [0.717, 1.165) is 15.4 Å². The van der Waals surface area contributed by atoms with Crippen LogP contribution in [0.1, 0.15) is 11.1 Å². The Balaban J connectivity index is 2.36. The molecule has 0 saturated heterocycles. The largest absolute Gasteiger partial charge is 0.126 e. The van der Waals surface area contributed by atoms with Crippen LogP contribution in [0.25, 0.3) is 0 Å². The van der Waals surface area contributed by atoms with Crippen molar-refractivity contribution in [1.29, 1.82) is 0 Å². The third-order valence-electron chi connectivity index (χ3n) is 3.40. The minimum atomic E-state index is -0.249. The Morgan fingerprint density at radius 1 is 0.850 bits per heavy atom. The SMILES string of the molecule is ClCC(CCl)(Cc1ccc(Br)cc1)c1cccc(Br)c1. The molecule has 2 aromatic carbocycles. The molecule has 0 aromatic heterocycles. The number of rotatable bonds is 5. The number of benzene rings is 2. The molecule has 0 heterocycles. The fourth-order valence-electron chi connectivity index (χ4n) is 2.20. The van der Waals surface area contributed by atoms with Crippen molar-refractivity contribution in [1.82, 2.24) is 0 Å². The lowest BCUT2D eigenvalue weighted by atomic mass is 9.79. The van der Waals surface area contributed by atoms with Crippen molar-refractivity contribution >= 4 is 55.1 Å². The fourth-order valence-corrected chi connectivity index (χ4v) is 3.64. The van der Waals surface area contributed by atoms with Gasteiger partial charge in [-0.1, -0.05) is 56.1 Å². The third-order valence-corrected chi connectivity index (χ3v) is 5.45. The van der Waals surface area contributed by atoms with E-state index in [2.05, 4.69) is 56.1 Å². The number of hydrogen-bond acceptors (Lipinski definition) is 0. The predicted octanol–water partition coefficient (Wildman–Crippen LogP) is 6.17. The monoisotopic (exact) mass is 434 g/mol. The molecule has 0 fully saturated rings. The summed E-state index contributed by atoms with van der Waals surface area (Å²) >= 11 is 19.5. The summed E-state index contributed by atoms with van der Waals surface area (Å²) in [4.78, 5) is 0. The van der Waals surface area contributed by atoms with Crippen LogP contribution in [-0.2, 0) is 11.8 Å².